The summed E-state index contributed by atoms with van der Waals surface area (Å²) in [6.45, 7) is 0.213. The summed E-state index contributed by atoms with van der Waals surface area (Å²) in [6.07, 6.45) is 1.08. The molecule has 0 aliphatic rings. The molecule has 0 spiro atoms. The fourth-order valence-corrected chi connectivity index (χ4v) is 5.23. The van der Waals surface area contributed by atoms with E-state index in [9.17, 15) is 40.6 Å². The molecule has 4 aromatic rings. The smallest absolute Gasteiger partial charge is 0.351 e. The molecule has 0 saturated heterocycles. The lowest BCUT2D eigenvalue weighted by Gasteiger charge is -2.18. The summed E-state index contributed by atoms with van der Waals surface area (Å²) in [5.74, 6) is -2.60. The Hall–Kier alpha value is -5.02. The Morgan fingerprint density at radius 2 is 1.73 bits per heavy atom. The number of benzene rings is 3. The van der Waals surface area contributed by atoms with Crippen LogP contribution < -0.4 is 22.1 Å². The lowest BCUT2D eigenvalue weighted by Crippen LogP contribution is -2.29. The Labute approximate surface area is 254 Å². The highest BCUT2D eigenvalue weighted by molar-refractivity contribution is 7.86. The van der Waals surface area contributed by atoms with Crippen LogP contribution in [0.25, 0.3) is 10.8 Å². The van der Waals surface area contributed by atoms with E-state index in [0.29, 0.717) is 12.8 Å². The minimum atomic E-state index is -5.33. The minimum absolute atomic E-state index is 0.193. The Bertz CT molecular complexity index is 2050. The Kier molecular flexibility index (Phi) is 9.73. The molecule has 1 atom stereocenters. The van der Waals surface area contributed by atoms with Gasteiger partial charge in [-0.05, 0) is 55.0 Å². The van der Waals surface area contributed by atoms with Gasteiger partial charge in [0.25, 0.3) is 0 Å². The standard InChI is InChI=1S/C25H26N8O10S2/c26-16(22(35)36)8-4-5-9-27-23-29-24(31-25(37)30-23)28-17-12-15(44(38,39)40)10-13-11-18(45(41,42)43)20(21(34)19(13)17)33-32-14-6-2-1-3-7-14/h1-3,6-7,10-12,16,34H,4-5,8-9,26H2,(H,35,36)(H,38,39,40)(H,41,42,43)(H3,27,28,29,30,31,37)/p-2. The number of phenols is 1. The average molecular weight is 661 g/mol. The summed E-state index contributed by atoms with van der Waals surface area (Å²) in [7, 11) is -10.5. The average Bonchev–Trinajstić information content (AvgIpc) is 2.95. The molecule has 0 saturated carbocycles. The lowest BCUT2D eigenvalue weighted by molar-refractivity contribution is -0.138. The number of nitrogens with zero attached hydrogens (tertiary/aromatic N) is 4. The largest absolute Gasteiger partial charge is 0.744 e. The van der Waals surface area contributed by atoms with Gasteiger partial charge in [0.1, 0.15) is 32.0 Å². The third-order valence-corrected chi connectivity index (χ3v) is 7.81. The first-order chi connectivity index (χ1) is 21.1. The normalized spacial score (nSPS) is 12.8. The maximum atomic E-state index is 12.2. The van der Waals surface area contributed by atoms with Crippen molar-refractivity contribution in [3.05, 3.63) is 59.0 Å². The van der Waals surface area contributed by atoms with Crippen LogP contribution in [0.15, 0.2) is 73.3 Å². The molecule has 1 unspecified atom stereocenters. The number of fused-ring (bicyclic) bond motifs is 1. The molecule has 0 radical (unpaired) electrons. The first-order valence-corrected chi connectivity index (χ1v) is 15.6. The van der Waals surface area contributed by atoms with Gasteiger partial charge in [0, 0.05) is 11.9 Å². The number of aromatic amines is 1. The summed E-state index contributed by atoms with van der Waals surface area (Å²) in [5, 5.41) is 32.3. The van der Waals surface area contributed by atoms with E-state index < -0.39 is 59.2 Å². The van der Waals surface area contributed by atoms with E-state index >= 15 is 0 Å². The highest BCUT2D eigenvalue weighted by Crippen LogP contribution is 2.45. The van der Waals surface area contributed by atoms with Crippen molar-refractivity contribution in [2.24, 2.45) is 16.0 Å². The molecule has 1 heterocycles. The van der Waals surface area contributed by atoms with Crippen molar-refractivity contribution in [2.75, 3.05) is 17.2 Å². The molecule has 4 rings (SSSR count). The topological polar surface area (TPSA) is 305 Å². The van der Waals surface area contributed by atoms with Gasteiger partial charge in [0.05, 0.1) is 21.2 Å². The first-order valence-electron chi connectivity index (χ1n) is 12.8. The van der Waals surface area contributed by atoms with Gasteiger partial charge in [-0.25, -0.2) is 21.6 Å². The number of azo groups is 1. The Balaban J connectivity index is 1.78. The zero-order valence-electron chi connectivity index (χ0n) is 22.9. The number of carbonyl (C=O) groups is 1. The van der Waals surface area contributed by atoms with Crippen molar-refractivity contribution < 1.29 is 40.9 Å². The number of aromatic nitrogens is 3. The number of unbranched alkanes of at least 4 members (excludes halogenated alkanes) is 1. The molecule has 18 nitrogen and oxygen atoms in total. The number of hydrogen-bond acceptors (Lipinski definition) is 16. The van der Waals surface area contributed by atoms with Crippen LogP contribution in [0.3, 0.4) is 0 Å². The van der Waals surface area contributed by atoms with Gasteiger partial charge in [0.15, 0.2) is 5.75 Å². The van der Waals surface area contributed by atoms with Gasteiger partial charge in [0.2, 0.25) is 11.9 Å². The number of H-pyrrole nitrogens is 1. The number of carboxylic acids is 1. The second-order valence-electron chi connectivity index (χ2n) is 9.40. The van der Waals surface area contributed by atoms with E-state index in [4.69, 9.17) is 10.8 Å². The number of phenolic OH excluding ortho intramolecular Hbond substituents is 1. The highest BCUT2D eigenvalue weighted by atomic mass is 32.2. The number of anilines is 3. The van der Waals surface area contributed by atoms with Crippen LogP contribution in [-0.2, 0) is 25.0 Å². The number of carboxylic acid groups (broad SMARTS) is 1. The second kappa shape index (κ2) is 13.3. The van der Waals surface area contributed by atoms with Crippen molar-refractivity contribution in [1.29, 1.82) is 0 Å². The Morgan fingerprint density at radius 3 is 2.38 bits per heavy atom. The SMILES string of the molecule is NC(CCCCNc1nc(Nc2cc(S(=O)(=O)[O-])cc3cc(S(=O)(=O)[O-])c(N=Nc4ccccc4)c(O)c23)[nH]c(=O)n1)C(=O)O. The molecular weight excluding hydrogens is 636 g/mol. The van der Waals surface area contributed by atoms with Gasteiger partial charge in [-0.3, -0.25) is 9.78 Å². The number of hydrogen-bond donors (Lipinski definition) is 6. The van der Waals surface area contributed by atoms with E-state index in [1.807, 2.05) is 0 Å². The third kappa shape index (κ3) is 8.33. The van der Waals surface area contributed by atoms with E-state index in [1.165, 1.54) is 12.1 Å². The van der Waals surface area contributed by atoms with Crippen LogP contribution in [0.5, 0.6) is 5.75 Å². The van der Waals surface area contributed by atoms with Crippen molar-refractivity contribution in [2.45, 2.75) is 35.1 Å². The van der Waals surface area contributed by atoms with Crippen LogP contribution >= 0.6 is 0 Å². The molecule has 0 aliphatic carbocycles. The maximum absolute atomic E-state index is 12.2. The van der Waals surface area contributed by atoms with Gasteiger partial charge >= 0.3 is 11.7 Å². The molecule has 0 fully saturated rings. The molecule has 1 aromatic heterocycles. The number of nitrogens with one attached hydrogen (secondary N) is 3. The quantitative estimate of drug-likeness (QED) is 0.0678. The number of aliphatic carboxylic acids is 1. The number of rotatable bonds is 13. The van der Waals surface area contributed by atoms with E-state index in [-0.39, 0.29) is 47.0 Å². The van der Waals surface area contributed by atoms with E-state index in [1.54, 1.807) is 18.2 Å². The van der Waals surface area contributed by atoms with E-state index in [0.717, 1.165) is 18.2 Å². The van der Waals surface area contributed by atoms with Crippen LogP contribution in [0.4, 0.5) is 29.0 Å². The summed E-state index contributed by atoms with van der Waals surface area (Å²) in [5.41, 5.74) is 3.66. The monoisotopic (exact) mass is 660 g/mol. The third-order valence-electron chi connectivity index (χ3n) is 6.15. The van der Waals surface area contributed by atoms with Crippen molar-refractivity contribution in [3.63, 3.8) is 0 Å². The molecule has 0 amide bonds. The van der Waals surface area contributed by atoms with Gasteiger partial charge in [-0.1, -0.05) is 18.2 Å². The highest BCUT2D eigenvalue weighted by Gasteiger charge is 2.22. The van der Waals surface area contributed by atoms with Crippen LogP contribution in [0.2, 0.25) is 0 Å². The Morgan fingerprint density at radius 1 is 1.02 bits per heavy atom. The maximum Gasteiger partial charge on any atom is 0.351 e. The zero-order chi connectivity index (χ0) is 32.9. The fraction of sp³-hybridized carbons (Fsp3) is 0.200. The lowest BCUT2D eigenvalue weighted by atomic mass is 10.1. The molecular formula is C25H24N8O10S2-2. The van der Waals surface area contributed by atoms with Gasteiger partial charge in [-0.2, -0.15) is 15.1 Å². The fourth-order valence-electron chi connectivity index (χ4n) is 4.06. The molecule has 45 heavy (non-hydrogen) atoms. The van der Waals surface area contributed by atoms with Crippen LogP contribution in [0, 0.1) is 0 Å². The van der Waals surface area contributed by atoms with Crippen molar-refractivity contribution in [3.8, 4) is 5.75 Å². The molecule has 238 valence electrons. The molecule has 7 N–H and O–H groups in total. The summed E-state index contributed by atoms with van der Waals surface area (Å²) in [4.78, 5) is 31.1. The van der Waals surface area contributed by atoms with Gasteiger partial charge < -0.3 is 35.7 Å². The number of aromatic hydroxyl groups is 1. The summed E-state index contributed by atoms with van der Waals surface area (Å²) < 4.78 is 72.2. The molecule has 0 aliphatic heterocycles. The first kappa shape index (κ1) is 32.9. The second-order valence-corrected chi connectivity index (χ2v) is 12.1. The number of nitrogens with two attached hydrogens (primary N) is 1. The van der Waals surface area contributed by atoms with Crippen molar-refractivity contribution >= 4 is 65.9 Å². The molecule has 20 heteroatoms. The predicted molar refractivity (Wildman–Crippen MR) is 156 cm³/mol. The molecule has 3 aromatic carbocycles. The predicted octanol–water partition coefficient (Wildman–Crippen LogP) is 1.98. The van der Waals surface area contributed by atoms with E-state index in [2.05, 4.69) is 35.8 Å². The molecule has 0 bridgehead atoms. The van der Waals surface area contributed by atoms with Crippen LogP contribution in [-0.4, -0.2) is 69.7 Å². The summed E-state index contributed by atoms with van der Waals surface area (Å²) in [6, 6.07) is 9.15. The summed E-state index contributed by atoms with van der Waals surface area (Å²) >= 11 is 0. The minimum Gasteiger partial charge on any atom is -0.744 e. The van der Waals surface area contributed by atoms with Crippen molar-refractivity contribution in [1.82, 2.24) is 15.0 Å². The van der Waals surface area contributed by atoms with Crippen LogP contribution in [0.1, 0.15) is 19.3 Å². The van der Waals surface area contributed by atoms with Gasteiger partial charge in [-0.15, -0.1) is 5.11 Å². The zero-order valence-corrected chi connectivity index (χ0v) is 24.5.